The molecule has 1 atom stereocenters. The van der Waals surface area contributed by atoms with Gasteiger partial charge in [0.2, 0.25) is 0 Å². The fourth-order valence-corrected chi connectivity index (χ4v) is 5.39. The maximum Gasteiger partial charge on any atom is 0.255 e. The Balaban J connectivity index is 1.39. The van der Waals surface area contributed by atoms with Crippen molar-refractivity contribution in [2.24, 2.45) is 10.7 Å². The summed E-state index contributed by atoms with van der Waals surface area (Å²) in [6, 6.07) is 19.1. The molecule has 5 aromatic rings. The molecule has 0 aliphatic rings. The van der Waals surface area contributed by atoms with Gasteiger partial charge in [0.05, 0.1) is 41.4 Å². The third-order valence-electron chi connectivity index (χ3n) is 6.38. The Bertz CT molecular complexity index is 1910. The molecule has 12 heteroatoms. The highest BCUT2D eigenvalue weighted by Gasteiger charge is 2.16. The van der Waals surface area contributed by atoms with Crippen molar-refractivity contribution in [1.29, 1.82) is 0 Å². The van der Waals surface area contributed by atoms with Crippen LogP contribution in [0.15, 0.2) is 101 Å². The summed E-state index contributed by atoms with van der Waals surface area (Å²) in [5.74, 6) is 0.100. The Morgan fingerprint density at radius 3 is 2.57 bits per heavy atom. The number of amides is 1. The van der Waals surface area contributed by atoms with Gasteiger partial charge in [0, 0.05) is 53.1 Å². The second kappa shape index (κ2) is 13.9. The first-order valence-corrected chi connectivity index (χ1v) is 15.0. The normalized spacial score (nSPS) is 12.3. The Morgan fingerprint density at radius 1 is 1.00 bits per heavy atom. The molecule has 3 aromatic carbocycles. The molecule has 0 aliphatic carbocycles. The number of nitrogens with zero attached hydrogens (tertiary/aromatic N) is 4. The van der Waals surface area contributed by atoms with Gasteiger partial charge in [0.1, 0.15) is 10.6 Å². The van der Waals surface area contributed by atoms with Crippen molar-refractivity contribution in [3.05, 3.63) is 108 Å². The molecule has 0 bridgehead atoms. The highest BCUT2D eigenvalue weighted by atomic mass is 35.5. The van der Waals surface area contributed by atoms with Crippen LogP contribution < -0.4 is 20.5 Å². The summed E-state index contributed by atoms with van der Waals surface area (Å²) in [6.45, 7) is 2.21. The van der Waals surface area contributed by atoms with E-state index in [4.69, 9.17) is 27.1 Å². The minimum Gasteiger partial charge on any atom is -0.493 e. The molecule has 1 amide bonds. The Kier molecular flexibility index (Phi) is 9.58. The zero-order valence-corrected chi connectivity index (χ0v) is 25.4. The molecule has 2 heterocycles. The van der Waals surface area contributed by atoms with Crippen molar-refractivity contribution >= 4 is 62.7 Å². The summed E-state index contributed by atoms with van der Waals surface area (Å²) in [7, 11) is -0.0962. The lowest BCUT2D eigenvalue weighted by Crippen LogP contribution is -2.13. The molecule has 0 radical (unpaired) electrons. The number of halogens is 1. The molecule has 5 rings (SSSR count). The fraction of sp³-hybridized carbons (Fsp3) is 0.0938. The number of allylic oxidation sites excluding steroid dienone is 1. The number of aliphatic imine (C=N–C) groups is 1. The number of anilines is 2. The maximum atomic E-state index is 13.6. The highest BCUT2D eigenvalue weighted by molar-refractivity contribution is 7.86. The van der Waals surface area contributed by atoms with Crippen LogP contribution in [0.3, 0.4) is 0 Å². The van der Waals surface area contributed by atoms with Crippen LogP contribution in [0, 0.1) is 0 Å². The summed E-state index contributed by atoms with van der Waals surface area (Å²) in [5, 5.41) is 3.36. The van der Waals surface area contributed by atoms with Crippen molar-refractivity contribution < 1.29 is 13.7 Å². The molecule has 2 aromatic heterocycles. The number of nitrogens with one attached hydrogen (secondary N) is 2. The standard InChI is InChI=1S/C32H28ClN7O3S/c1-3-43-30-11-9-25(38-32(41)20-4-7-24(33)8-5-20)14-31(30)44(42)40-26-12-22(17-36-18-26)21-6-10-27-28(13-21)39-29(19-37-27)23(15-34)16-35-2/h4-19,40H,3,34H2,1-2H3,(H,38,41)/b23-15+,35-16?. The van der Waals surface area contributed by atoms with E-state index in [0.29, 0.717) is 56.0 Å². The molecule has 44 heavy (non-hydrogen) atoms. The van der Waals surface area contributed by atoms with E-state index >= 15 is 0 Å². The van der Waals surface area contributed by atoms with Crippen molar-refractivity contribution in [3.8, 4) is 16.9 Å². The van der Waals surface area contributed by atoms with Gasteiger partial charge in [0.15, 0.2) is 11.0 Å². The lowest BCUT2D eigenvalue weighted by atomic mass is 10.1. The molecular formula is C32H28ClN7O3S. The van der Waals surface area contributed by atoms with E-state index in [1.54, 1.807) is 74.3 Å². The van der Waals surface area contributed by atoms with Gasteiger partial charge in [-0.2, -0.15) is 0 Å². The van der Waals surface area contributed by atoms with Crippen LogP contribution in [-0.4, -0.2) is 44.9 Å². The van der Waals surface area contributed by atoms with Gasteiger partial charge in [-0.25, -0.2) is 9.19 Å². The van der Waals surface area contributed by atoms with Crippen LogP contribution in [0.4, 0.5) is 11.4 Å². The predicted molar refractivity (Wildman–Crippen MR) is 176 cm³/mol. The van der Waals surface area contributed by atoms with E-state index < -0.39 is 11.0 Å². The third-order valence-corrected chi connectivity index (χ3v) is 7.77. The van der Waals surface area contributed by atoms with Gasteiger partial charge in [0.25, 0.3) is 5.91 Å². The van der Waals surface area contributed by atoms with Crippen LogP contribution >= 0.6 is 11.6 Å². The summed E-state index contributed by atoms with van der Waals surface area (Å²) in [5.41, 5.74) is 11.4. The van der Waals surface area contributed by atoms with Gasteiger partial charge < -0.3 is 15.8 Å². The Labute approximate surface area is 261 Å². The number of hydrogen-bond acceptors (Lipinski definition) is 8. The van der Waals surface area contributed by atoms with Crippen LogP contribution in [0.2, 0.25) is 5.02 Å². The van der Waals surface area contributed by atoms with Gasteiger partial charge in [-0.1, -0.05) is 17.7 Å². The number of benzene rings is 3. The average molecular weight is 626 g/mol. The van der Waals surface area contributed by atoms with Crippen molar-refractivity contribution in [3.63, 3.8) is 0 Å². The number of hydrogen-bond donors (Lipinski definition) is 3. The Morgan fingerprint density at radius 2 is 1.82 bits per heavy atom. The molecule has 0 fully saturated rings. The zero-order chi connectivity index (χ0) is 31.1. The minimum atomic E-state index is -1.76. The lowest BCUT2D eigenvalue weighted by molar-refractivity contribution is 0.102. The fourth-order valence-electron chi connectivity index (χ4n) is 4.29. The smallest absolute Gasteiger partial charge is 0.255 e. The minimum absolute atomic E-state index is 0.326. The largest absolute Gasteiger partial charge is 0.493 e. The second-order valence-corrected chi connectivity index (χ2v) is 11.0. The van der Waals surface area contributed by atoms with Crippen molar-refractivity contribution in [2.75, 3.05) is 23.7 Å². The van der Waals surface area contributed by atoms with Crippen molar-refractivity contribution in [2.45, 2.75) is 11.8 Å². The number of carbonyl (C=O) groups excluding carboxylic acids is 1. The lowest BCUT2D eigenvalue weighted by Gasteiger charge is -2.14. The van der Waals surface area contributed by atoms with Gasteiger partial charge in [-0.05, 0) is 73.2 Å². The summed E-state index contributed by atoms with van der Waals surface area (Å²) in [4.78, 5) is 30.7. The van der Waals surface area contributed by atoms with Gasteiger partial charge in [-0.15, -0.1) is 0 Å². The quantitative estimate of drug-likeness (QED) is 0.158. The van der Waals surface area contributed by atoms with E-state index in [-0.39, 0.29) is 5.91 Å². The van der Waals surface area contributed by atoms with Crippen LogP contribution in [0.1, 0.15) is 23.0 Å². The summed E-state index contributed by atoms with van der Waals surface area (Å²) < 4.78 is 22.3. The highest BCUT2D eigenvalue weighted by Crippen LogP contribution is 2.29. The molecule has 0 spiro atoms. The first-order chi connectivity index (χ1) is 21.4. The predicted octanol–water partition coefficient (Wildman–Crippen LogP) is 6.13. The number of ether oxygens (including phenoxy) is 1. The number of carbonyl (C=O) groups is 1. The first-order valence-electron chi connectivity index (χ1n) is 13.5. The maximum absolute atomic E-state index is 13.6. The number of rotatable bonds is 10. The SMILES string of the molecule is CCOc1ccc(NC(=O)c2ccc(Cl)cc2)cc1S(=O)Nc1cncc(-c2ccc3ncc(/C(C=NC)=C/N)nc3c2)c1. The average Bonchev–Trinajstić information content (AvgIpc) is 3.04. The third kappa shape index (κ3) is 7.08. The molecule has 222 valence electrons. The summed E-state index contributed by atoms with van der Waals surface area (Å²) in [6.07, 6.45) is 8.00. The number of fused-ring (bicyclic) bond motifs is 1. The van der Waals surface area contributed by atoms with E-state index in [1.807, 2.05) is 31.2 Å². The second-order valence-electron chi connectivity index (χ2n) is 9.36. The van der Waals surface area contributed by atoms with Crippen LogP contribution in [0.5, 0.6) is 5.75 Å². The van der Waals surface area contributed by atoms with Gasteiger partial charge in [-0.3, -0.25) is 24.5 Å². The van der Waals surface area contributed by atoms with E-state index in [1.165, 1.54) is 6.20 Å². The van der Waals surface area contributed by atoms with Crippen molar-refractivity contribution in [1.82, 2.24) is 15.0 Å². The number of nitrogens with two attached hydrogens (primary N) is 1. The number of pyridine rings is 1. The van der Waals surface area contributed by atoms with Crippen LogP contribution in [0.25, 0.3) is 27.7 Å². The molecule has 0 saturated carbocycles. The molecular weight excluding hydrogens is 598 g/mol. The molecule has 0 saturated heterocycles. The van der Waals surface area contributed by atoms with Crippen LogP contribution in [-0.2, 0) is 11.0 Å². The topological polar surface area (TPSA) is 144 Å². The van der Waals surface area contributed by atoms with Gasteiger partial charge >= 0.3 is 0 Å². The van der Waals surface area contributed by atoms with E-state index in [9.17, 15) is 9.00 Å². The molecule has 10 nitrogen and oxygen atoms in total. The Hall–Kier alpha value is -5.13. The zero-order valence-electron chi connectivity index (χ0n) is 23.8. The summed E-state index contributed by atoms with van der Waals surface area (Å²) >= 11 is 5.94. The molecule has 1 unspecified atom stereocenters. The van der Waals surface area contributed by atoms with E-state index in [0.717, 1.165) is 16.6 Å². The first kappa shape index (κ1) is 30.3. The monoisotopic (exact) mass is 625 g/mol. The number of aromatic nitrogens is 3. The van der Waals surface area contributed by atoms with E-state index in [2.05, 4.69) is 25.0 Å². The molecule has 0 aliphatic heterocycles. The molecule has 4 N–H and O–H groups in total.